The molecule has 0 bridgehead atoms. The number of hydrogen-bond donors (Lipinski definition) is 2. The Labute approximate surface area is 190 Å². The Hall–Kier alpha value is -3.98. The molecule has 1 aliphatic rings. The minimum Gasteiger partial charge on any atom is -0.378 e. The van der Waals surface area contributed by atoms with Crippen LogP contribution in [-0.2, 0) is 4.74 Å². The predicted molar refractivity (Wildman–Crippen MR) is 125 cm³/mol. The van der Waals surface area contributed by atoms with E-state index in [1.165, 1.54) is 0 Å². The average molecular weight is 444 g/mol. The van der Waals surface area contributed by atoms with Crippen molar-refractivity contribution in [1.82, 2.24) is 20.7 Å². The predicted octanol–water partition coefficient (Wildman–Crippen LogP) is 2.96. The van der Waals surface area contributed by atoms with Crippen LogP contribution in [0.2, 0.25) is 0 Å². The second-order valence-corrected chi connectivity index (χ2v) is 7.69. The maximum absolute atomic E-state index is 12.7. The lowest BCUT2D eigenvalue weighted by Gasteiger charge is -2.28. The first-order valence-corrected chi connectivity index (χ1v) is 10.9. The van der Waals surface area contributed by atoms with Gasteiger partial charge in [0.25, 0.3) is 5.91 Å². The van der Waals surface area contributed by atoms with Gasteiger partial charge < -0.3 is 24.8 Å². The molecular formula is C24H24N6O3. The van der Waals surface area contributed by atoms with E-state index < -0.39 is 0 Å². The van der Waals surface area contributed by atoms with Crippen LogP contribution in [0.15, 0.2) is 65.3 Å². The highest BCUT2D eigenvalue weighted by atomic mass is 16.5. The van der Waals surface area contributed by atoms with Crippen molar-refractivity contribution in [3.8, 4) is 11.3 Å². The molecule has 0 aliphatic carbocycles. The molecule has 9 nitrogen and oxygen atoms in total. The Morgan fingerprint density at radius 3 is 2.73 bits per heavy atom. The fourth-order valence-electron chi connectivity index (χ4n) is 3.79. The Balaban J connectivity index is 1.19. The normalized spacial score (nSPS) is 13.8. The zero-order valence-corrected chi connectivity index (χ0v) is 18.0. The van der Waals surface area contributed by atoms with E-state index in [-0.39, 0.29) is 5.91 Å². The SMILES string of the molecule is O=C(NCCNc1cc(N2CCOCC2)cnn1)c1ccc2noc(-c3ccccc3)c2c1. The molecule has 3 heterocycles. The van der Waals surface area contributed by atoms with Crippen molar-refractivity contribution in [2.75, 3.05) is 49.6 Å². The van der Waals surface area contributed by atoms with Crippen molar-refractivity contribution >= 4 is 28.3 Å². The van der Waals surface area contributed by atoms with Gasteiger partial charge in [0.2, 0.25) is 0 Å². The molecule has 168 valence electrons. The summed E-state index contributed by atoms with van der Waals surface area (Å²) in [7, 11) is 0. The zero-order chi connectivity index (χ0) is 22.5. The summed E-state index contributed by atoms with van der Waals surface area (Å²) in [5.41, 5.74) is 3.20. The molecule has 2 N–H and O–H groups in total. The maximum Gasteiger partial charge on any atom is 0.251 e. The first-order chi connectivity index (χ1) is 16.3. The van der Waals surface area contributed by atoms with Crippen LogP contribution in [0.4, 0.5) is 11.5 Å². The van der Waals surface area contributed by atoms with Gasteiger partial charge in [0.1, 0.15) is 5.52 Å². The second kappa shape index (κ2) is 9.66. The van der Waals surface area contributed by atoms with Crippen molar-refractivity contribution in [1.29, 1.82) is 0 Å². The van der Waals surface area contributed by atoms with E-state index in [1.54, 1.807) is 18.3 Å². The molecule has 2 aromatic carbocycles. The van der Waals surface area contributed by atoms with Gasteiger partial charge in [0.15, 0.2) is 11.6 Å². The van der Waals surface area contributed by atoms with Gasteiger partial charge in [-0.05, 0) is 18.2 Å². The van der Waals surface area contributed by atoms with Crippen LogP contribution in [0.5, 0.6) is 0 Å². The van der Waals surface area contributed by atoms with Gasteiger partial charge in [-0.25, -0.2) is 0 Å². The van der Waals surface area contributed by atoms with Crippen molar-refractivity contribution in [2.24, 2.45) is 0 Å². The quantitative estimate of drug-likeness (QED) is 0.419. The topological polar surface area (TPSA) is 105 Å². The summed E-state index contributed by atoms with van der Waals surface area (Å²) in [5, 5.41) is 19.3. The Morgan fingerprint density at radius 1 is 1.03 bits per heavy atom. The number of nitrogens with one attached hydrogen (secondary N) is 2. The fraction of sp³-hybridized carbons (Fsp3) is 0.250. The summed E-state index contributed by atoms with van der Waals surface area (Å²) >= 11 is 0. The Kier molecular flexibility index (Phi) is 6.12. The molecule has 1 fully saturated rings. The summed E-state index contributed by atoms with van der Waals surface area (Å²) in [6, 6.07) is 17.1. The summed E-state index contributed by atoms with van der Waals surface area (Å²) in [5.74, 6) is 1.17. The number of carbonyl (C=O) groups is 1. The van der Waals surface area contributed by atoms with Crippen molar-refractivity contribution < 1.29 is 14.1 Å². The van der Waals surface area contributed by atoms with Gasteiger partial charge >= 0.3 is 0 Å². The number of ether oxygens (including phenoxy) is 1. The van der Waals surface area contributed by atoms with Crippen LogP contribution >= 0.6 is 0 Å². The number of amides is 1. The van der Waals surface area contributed by atoms with Crippen molar-refractivity contribution in [3.63, 3.8) is 0 Å². The second-order valence-electron chi connectivity index (χ2n) is 7.69. The molecule has 0 spiro atoms. The zero-order valence-electron chi connectivity index (χ0n) is 18.0. The standard InChI is InChI=1S/C24H24N6O3/c31-24(18-6-7-21-20(14-18)23(33-29-21)17-4-2-1-3-5-17)26-9-8-25-22-15-19(16-27-28-22)30-10-12-32-13-11-30/h1-7,14-16H,8-13H2,(H,25,28)(H,26,31). The van der Waals surface area contributed by atoms with E-state index in [0.29, 0.717) is 49.0 Å². The van der Waals surface area contributed by atoms with Gasteiger partial charge in [-0.1, -0.05) is 35.5 Å². The minimum atomic E-state index is -0.160. The van der Waals surface area contributed by atoms with Crippen LogP contribution in [0.1, 0.15) is 10.4 Å². The van der Waals surface area contributed by atoms with Gasteiger partial charge in [-0.3, -0.25) is 4.79 Å². The molecule has 0 saturated carbocycles. The highest BCUT2D eigenvalue weighted by Gasteiger charge is 2.14. The first-order valence-electron chi connectivity index (χ1n) is 10.9. The Bertz CT molecular complexity index is 1240. The fourth-order valence-corrected chi connectivity index (χ4v) is 3.79. The summed E-state index contributed by atoms with van der Waals surface area (Å²) in [6.07, 6.45) is 1.75. The maximum atomic E-state index is 12.7. The van der Waals surface area contributed by atoms with Crippen molar-refractivity contribution in [2.45, 2.75) is 0 Å². The number of benzene rings is 2. The minimum absolute atomic E-state index is 0.160. The molecule has 9 heteroatoms. The van der Waals surface area contributed by atoms with Gasteiger partial charge in [0, 0.05) is 43.4 Å². The molecule has 0 unspecified atom stereocenters. The molecular weight excluding hydrogens is 420 g/mol. The number of aromatic nitrogens is 3. The molecule has 1 saturated heterocycles. The molecule has 0 radical (unpaired) electrons. The summed E-state index contributed by atoms with van der Waals surface area (Å²) in [4.78, 5) is 14.9. The monoisotopic (exact) mass is 444 g/mol. The molecule has 1 aliphatic heterocycles. The van der Waals surface area contributed by atoms with E-state index in [1.807, 2.05) is 42.5 Å². The third-order valence-corrected chi connectivity index (χ3v) is 5.51. The number of hydrogen-bond acceptors (Lipinski definition) is 8. The lowest BCUT2D eigenvalue weighted by molar-refractivity contribution is 0.0955. The lowest BCUT2D eigenvalue weighted by atomic mass is 10.1. The molecule has 5 rings (SSSR count). The smallest absolute Gasteiger partial charge is 0.251 e. The number of fused-ring (bicyclic) bond motifs is 1. The average Bonchev–Trinajstić information content (AvgIpc) is 3.31. The number of carbonyl (C=O) groups excluding carboxylic acids is 1. The highest BCUT2D eigenvalue weighted by Crippen LogP contribution is 2.29. The van der Waals surface area contributed by atoms with Gasteiger partial charge in [0.05, 0.1) is 30.5 Å². The number of nitrogens with zero attached hydrogens (tertiary/aromatic N) is 4. The van der Waals surface area contributed by atoms with E-state index >= 15 is 0 Å². The number of rotatable bonds is 7. The van der Waals surface area contributed by atoms with E-state index in [9.17, 15) is 4.79 Å². The lowest BCUT2D eigenvalue weighted by Crippen LogP contribution is -2.36. The van der Waals surface area contributed by atoms with Crippen LogP contribution in [0.3, 0.4) is 0 Å². The molecule has 4 aromatic rings. The van der Waals surface area contributed by atoms with E-state index in [2.05, 4.69) is 30.9 Å². The highest BCUT2D eigenvalue weighted by molar-refractivity contribution is 6.01. The van der Waals surface area contributed by atoms with E-state index in [4.69, 9.17) is 9.26 Å². The summed E-state index contributed by atoms with van der Waals surface area (Å²) < 4.78 is 10.9. The largest absolute Gasteiger partial charge is 0.378 e. The van der Waals surface area contributed by atoms with Crippen LogP contribution in [-0.4, -0.2) is 60.7 Å². The van der Waals surface area contributed by atoms with Crippen molar-refractivity contribution in [3.05, 3.63) is 66.4 Å². The van der Waals surface area contributed by atoms with Gasteiger partial charge in [-0.2, -0.15) is 5.10 Å². The van der Waals surface area contributed by atoms with Gasteiger partial charge in [-0.15, -0.1) is 5.10 Å². The first kappa shape index (κ1) is 20.9. The third kappa shape index (κ3) is 4.78. The molecule has 0 atom stereocenters. The number of anilines is 2. The van der Waals surface area contributed by atoms with E-state index in [0.717, 1.165) is 29.7 Å². The molecule has 33 heavy (non-hydrogen) atoms. The number of morpholine rings is 1. The third-order valence-electron chi connectivity index (χ3n) is 5.51. The molecule has 1 amide bonds. The van der Waals surface area contributed by atoms with Crippen LogP contribution in [0.25, 0.3) is 22.2 Å². The molecule has 2 aromatic heterocycles. The summed E-state index contributed by atoms with van der Waals surface area (Å²) in [6.45, 7) is 4.07. The van der Waals surface area contributed by atoms with Crippen LogP contribution < -0.4 is 15.5 Å². The van der Waals surface area contributed by atoms with Crippen LogP contribution in [0, 0.1) is 0 Å². The Morgan fingerprint density at radius 2 is 1.88 bits per heavy atom.